The lowest BCUT2D eigenvalue weighted by Crippen LogP contribution is -2.23. The van der Waals surface area contributed by atoms with Crippen LogP contribution in [-0.4, -0.2) is 41.1 Å². The van der Waals surface area contributed by atoms with Gasteiger partial charge in [-0.15, -0.1) is 0 Å². The van der Waals surface area contributed by atoms with Gasteiger partial charge in [-0.3, -0.25) is 4.98 Å². The lowest BCUT2D eigenvalue weighted by Gasteiger charge is -2.12. The molecule has 1 aromatic heterocycles. The molecule has 18 heavy (non-hydrogen) atoms. The molecule has 0 aromatic carbocycles. The summed E-state index contributed by atoms with van der Waals surface area (Å²) in [6.45, 7) is 3.12. The van der Waals surface area contributed by atoms with Gasteiger partial charge in [0.15, 0.2) is 0 Å². The molecule has 5 nitrogen and oxygen atoms in total. The summed E-state index contributed by atoms with van der Waals surface area (Å²) < 4.78 is 10.6. The van der Waals surface area contributed by atoms with E-state index in [0.29, 0.717) is 18.1 Å². The van der Waals surface area contributed by atoms with Gasteiger partial charge in [0.2, 0.25) is 0 Å². The molecule has 1 heterocycles. The molecular formula is C13H21NO4. The van der Waals surface area contributed by atoms with Crippen LogP contribution < -0.4 is 4.74 Å². The first-order chi connectivity index (χ1) is 8.76. The van der Waals surface area contributed by atoms with Gasteiger partial charge in [0.25, 0.3) is 0 Å². The molecule has 5 heteroatoms. The zero-order valence-electron chi connectivity index (χ0n) is 10.7. The molecule has 102 valence electrons. The summed E-state index contributed by atoms with van der Waals surface area (Å²) in [7, 11) is 0. The summed E-state index contributed by atoms with van der Waals surface area (Å²) >= 11 is 0. The van der Waals surface area contributed by atoms with E-state index in [4.69, 9.17) is 14.6 Å². The Kier molecular flexibility index (Phi) is 7.32. The maximum Gasteiger partial charge on any atom is 0.137 e. The van der Waals surface area contributed by atoms with Crippen molar-refractivity contribution in [3.05, 3.63) is 24.0 Å². The second kappa shape index (κ2) is 8.85. The molecule has 0 aliphatic carbocycles. The predicted molar refractivity (Wildman–Crippen MR) is 67.4 cm³/mol. The Labute approximate surface area is 107 Å². The fourth-order valence-corrected chi connectivity index (χ4v) is 1.30. The van der Waals surface area contributed by atoms with E-state index in [1.165, 1.54) is 6.20 Å². The predicted octanol–water partition coefficient (Wildman–Crippen LogP) is 1.13. The smallest absolute Gasteiger partial charge is 0.137 e. The van der Waals surface area contributed by atoms with Crippen LogP contribution >= 0.6 is 0 Å². The minimum absolute atomic E-state index is 0.0891. The highest BCUT2D eigenvalue weighted by molar-refractivity contribution is 5.19. The van der Waals surface area contributed by atoms with E-state index in [-0.39, 0.29) is 19.8 Å². The molecule has 0 amide bonds. The van der Waals surface area contributed by atoms with Gasteiger partial charge in [0.1, 0.15) is 18.5 Å². The van der Waals surface area contributed by atoms with Crippen molar-refractivity contribution >= 4 is 0 Å². The zero-order valence-corrected chi connectivity index (χ0v) is 10.7. The Bertz CT molecular complexity index is 315. The molecule has 2 N–H and O–H groups in total. The van der Waals surface area contributed by atoms with Crippen LogP contribution in [0.25, 0.3) is 0 Å². The largest absolute Gasteiger partial charge is 0.489 e. The van der Waals surface area contributed by atoms with Gasteiger partial charge >= 0.3 is 0 Å². The van der Waals surface area contributed by atoms with Crippen molar-refractivity contribution in [1.82, 2.24) is 4.98 Å². The topological polar surface area (TPSA) is 71.8 Å². The maximum atomic E-state index is 9.60. The second-order valence-electron chi connectivity index (χ2n) is 4.04. The molecule has 0 fully saturated rings. The van der Waals surface area contributed by atoms with Crippen molar-refractivity contribution in [2.75, 3.05) is 19.8 Å². The number of aliphatic hydroxyl groups excluding tert-OH is 2. The molecule has 0 bridgehead atoms. The highest BCUT2D eigenvalue weighted by atomic mass is 16.5. The molecule has 0 saturated carbocycles. The van der Waals surface area contributed by atoms with Crippen LogP contribution in [0.3, 0.4) is 0 Å². The average Bonchev–Trinajstić information content (AvgIpc) is 2.42. The summed E-state index contributed by atoms with van der Waals surface area (Å²) in [5.74, 6) is 0.569. The number of aromatic nitrogens is 1. The standard InChI is InChI=1S/C13H21NO4/c1-2-3-6-17-9-12(16)10-18-13-5-4-11(8-15)14-7-13/h4-5,7,12,15-16H,2-3,6,8-10H2,1H3. The van der Waals surface area contributed by atoms with Crippen LogP contribution in [0.5, 0.6) is 5.75 Å². The summed E-state index contributed by atoms with van der Waals surface area (Å²) in [5, 5.41) is 18.4. The molecular weight excluding hydrogens is 234 g/mol. The number of unbranched alkanes of at least 4 members (excludes halogenated alkanes) is 1. The van der Waals surface area contributed by atoms with Crippen LogP contribution in [0.4, 0.5) is 0 Å². The first-order valence-corrected chi connectivity index (χ1v) is 6.20. The third-order valence-electron chi connectivity index (χ3n) is 2.35. The highest BCUT2D eigenvalue weighted by Crippen LogP contribution is 2.09. The van der Waals surface area contributed by atoms with Crippen LogP contribution in [0.2, 0.25) is 0 Å². The van der Waals surface area contributed by atoms with E-state index in [1.54, 1.807) is 12.1 Å². The van der Waals surface area contributed by atoms with E-state index < -0.39 is 6.10 Å². The minimum atomic E-state index is -0.639. The van der Waals surface area contributed by atoms with Crippen molar-refractivity contribution in [3.8, 4) is 5.75 Å². The first-order valence-electron chi connectivity index (χ1n) is 6.20. The number of hydrogen-bond donors (Lipinski definition) is 2. The average molecular weight is 255 g/mol. The number of aliphatic hydroxyl groups is 2. The molecule has 1 unspecified atom stereocenters. The zero-order chi connectivity index (χ0) is 13.2. The Morgan fingerprint density at radius 1 is 1.33 bits per heavy atom. The maximum absolute atomic E-state index is 9.60. The first kappa shape index (κ1) is 14.9. The fraction of sp³-hybridized carbons (Fsp3) is 0.615. The number of nitrogens with zero attached hydrogens (tertiary/aromatic N) is 1. The highest BCUT2D eigenvalue weighted by Gasteiger charge is 2.05. The quantitative estimate of drug-likeness (QED) is 0.647. The Hall–Kier alpha value is -1.17. The van der Waals surface area contributed by atoms with Crippen molar-refractivity contribution in [1.29, 1.82) is 0 Å². The van der Waals surface area contributed by atoms with Crippen LogP contribution in [0.15, 0.2) is 18.3 Å². The minimum Gasteiger partial charge on any atom is -0.489 e. The normalized spacial score (nSPS) is 12.4. The molecule has 0 spiro atoms. The van der Waals surface area contributed by atoms with Crippen molar-refractivity contribution in [2.45, 2.75) is 32.5 Å². The summed E-state index contributed by atoms with van der Waals surface area (Å²) in [4.78, 5) is 3.97. The van der Waals surface area contributed by atoms with Gasteiger partial charge in [-0.1, -0.05) is 13.3 Å². The number of hydrogen-bond acceptors (Lipinski definition) is 5. The van der Waals surface area contributed by atoms with E-state index in [0.717, 1.165) is 12.8 Å². The third kappa shape index (κ3) is 5.95. The van der Waals surface area contributed by atoms with Crippen molar-refractivity contribution in [3.63, 3.8) is 0 Å². The Morgan fingerprint density at radius 3 is 2.78 bits per heavy atom. The summed E-state index contributed by atoms with van der Waals surface area (Å²) in [6, 6.07) is 3.39. The van der Waals surface area contributed by atoms with E-state index in [9.17, 15) is 5.11 Å². The SMILES string of the molecule is CCCCOCC(O)COc1ccc(CO)nc1. The lowest BCUT2D eigenvalue weighted by atomic mass is 10.3. The molecule has 1 aromatic rings. The number of ether oxygens (including phenoxy) is 2. The van der Waals surface area contributed by atoms with Gasteiger partial charge < -0.3 is 19.7 Å². The molecule has 0 aliphatic heterocycles. The molecule has 0 radical (unpaired) electrons. The van der Waals surface area contributed by atoms with E-state index in [1.807, 2.05) is 0 Å². The van der Waals surface area contributed by atoms with Crippen LogP contribution in [0, 0.1) is 0 Å². The summed E-state index contributed by atoms with van der Waals surface area (Å²) in [6.07, 6.45) is 2.96. The van der Waals surface area contributed by atoms with Gasteiger partial charge in [-0.05, 0) is 18.6 Å². The van der Waals surface area contributed by atoms with E-state index >= 15 is 0 Å². The monoisotopic (exact) mass is 255 g/mol. The molecule has 0 saturated heterocycles. The van der Waals surface area contributed by atoms with E-state index in [2.05, 4.69) is 11.9 Å². The van der Waals surface area contributed by atoms with Crippen molar-refractivity contribution in [2.24, 2.45) is 0 Å². The van der Waals surface area contributed by atoms with Crippen LogP contribution in [-0.2, 0) is 11.3 Å². The van der Waals surface area contributed by atoms with Crippen LogP contribution in [0.1, 0.15) is 25.5 Å². The Balaban J connectivity index is 2.18. The van der Waals surface area contributed by atoms with Gasteiger partial charge in [-0.25, -0.2) is 0 Å². The van der Waals surface area contributed by atoms with Gasteiger partial charge in [0, 0.05) is 6.61 Å². The summed E-state index contributed by atoms with van der Waals surface area (Å²) in [5.41, 5.74) is 0.589. The fourth-order valence-electron chi connectivity index (χ4n) is 1.30. The van der Waals surface area contributed by atoms with Gasteiger partial charge in [0.05, 0.1) is 25.1 Å². The number of pyridine rings is 1. The second-order valence-corrected chi connectivity index (χ2v) is 4.04. The Morgan fingerprint density at radius 2 is 2.17 bits per heavy atom. The number of rotatable bonds is 9. The third-order valence-corrected chi connectivity index (χ3v) is 2.35. The van der Waals surface area contributed by atoms with Gasteiger partial charge in [-0.2, -0.15) is 0 Å². The molecule has 0 aliphatic rings. The molecule has 1 atom stereocenters. The lowest BCUT2D eigenvalue weighted by molar-refractivity contribution is 0.0112. The molecule has 1 rings (SSSR count). The van der Waals surface area contributed by atoms with Crippen molar-refractivity contribution < 1.29 is 19.7 Å².